The maximum atomic E-state index is 11.6. The molecule has 2 nitrogen and oxygen atoms in total. The highest BCUT2D eigenvalue weighted by atomic mass is 79.9. The number of hydrogen-bond acceptors (Lipinski definition) is 2. The number of nitrogens with zero attached hydrogens (tertiary/aromatic N) is 1. The van der Waals surface area contributed by atoms with Crippen molar-refractivity contribution in [2.75, 3.05) is 6.54 Å². The van der Waals surface area contributed by atoms with Gasteiger partial charge in [-0.1, -0.05) is 35.0 Å². The minimum absolute atomic E-state index is 0.163. The number of ketones is 1. The van der Waals surface area contributed by atoms with Gasteiger partial charge in [0, 0.05) is 35.9 Å². The second-order valence-electron chi connectivity index (χ2n) is 4.85. The van der Waals surface area contributed by atoms with Crippen molar-refractivity contribution in [1.29, 1.82) is 0 Å². The fourth-order valence-electron chi connectivity index (χ4n) is 2.36. The van der Waals surface area contributed by atoms with E-state index in [1.54, 1.807) is 0 Å². The van der Waals surface area contributed by atoms with Gasteiger partial charge in [0.05, 0.1) is 0 Å². The number of likely N-dealkylation sites (tertiary alicyclic amines) is 1. The molecule has 0 saturated carbocycles. The zero-order valence-electron chi connectivity index (χ0n) is 10.3. The first-order valence-electron chi connectivity index (χ1n) is 6.09. The van der Waals surface area contributed by atoms with Crippen LogP contribution in [0.25, 0.3) is 0 Å². The van der Waals surface area contributed by atoms with E-state index in [1.165, 1.54) is 5.56 Å². The van der Waals surface area contributed by atoms with Gasteiger partial charge in [0.25, 0.3) is 0 Å². The van der Waals surface area contributed by atoms with E-state index in [2.05, 4.69) is 46.0 Å². The van der Waals surface area contributed by atoms with Gasteiger partial charge in [0.1, 0.15) is 5.78 Å². The van der Waals surface area contributed by atoms with Crippen LogP contribution in [0.4, 0.5) is 0 Å². The number of halogens is 1. The Hall–Kier alpha value is -0.670. The summed E-state index contributed by atoms with van der Waals surface area (Å²) >= 11 is 3.49. The first-order chi connectivity index (χ1) is 8.08. The first-order valence-corrected chi connectivity index (χ1v) is 6.88. The number of Topliss-reactive ketones (excluding diaryl/α,β-unsaturated/α-hetero) is 1. The lowest BCUT2D eigenvalue weighted by Gasteiger charge is -2.37. The number of benzene rings is 1. The molecular weight excluding hydrogens is 278 g/mol. The SMILES string of the molecule is CC1C(=O)CCN(Cc2cccc(Br)c2)C1C. The van der Waals surface area contributed by atoms with Crippen LogP contribution in [0.15, 0.2) is 28.7 Å². The van der Waals surface area contributed by atoms with Crippen LogP contribution < -0.4 is 0 Å². The molecule has 0 radical (unpaired) electrons. The quantitative estimate of drug-likeness (QED) is 0.835. The molecule has 2 atom stereocenters. The van der Waals surface area contributed by atoms with E-state index in [1.807, 2.05) is 13.0 Å². The smallest absolute Gasteiger partial charge is 0.138 e. The standard InChI is InChI=1S/C14H18BrNO/c1-10-11(2)16(7-6-14(10)17)9-12-4-3-5-13(15)8-12/h3-5,8,10-11H,6-7,9H2,1-2H3. The summed E-state index contributed by atoms with van der Waals surface area (Å²) in [6, 6.07) is 8.72. The summed E-state index contributed by atoms with van der Waals surface area (Å²) in [5.74, 6) is 0.568. The van der Waals surface area contributed by atoms with Crippen molar-refractivity contribution in [2.24, 2.45) is 5.92 Å². The molecule has 92 valence electrons. The number of hydrogen-bond donors (Lipinski definition) is 0. The van der Waals surface area contributed by atoms with E-state index in [-0.39, 0.29) is 5.92 Å². The second kappa shape index (κ2) is 5.32. The van der Waals surface area contributed by atoms with Crippen LogP contribution in [-0.4, -0.2) is 23.3 Å². The fraction of sp³-hybridized carbons (Fsp3) is 0.500. The minimum atomic E-state index is 0.163. The van der Waals surface area contributed by atoms with Crippen LogP contribution in [0.1, 0.15) is 25.8 Å². The van der Waals surface area contributed by atoms with Crippen LogP contribution in [0.3, 0.4) is 0 Å². The highest BCUT2D eigenvalue weighted by Crippen LogP contribution is 2.23. The molecule has 17 heavy (non-hydrogen) atoms. The van der Waals surface area contributed by atoms with E-state index in [9.17, 15) is 4.79 Å². The predicted molar refractivity (Wildman–Crippen MR) is 72.8 cm³/mol. The predicted octanol–water partition coefficient (Wildman–Crippen LogP) is 3.25. The monoisotopic (exact) mass is 295 g/mol. The zero-order valence-corrected chi connectivity index (χ0v) is 11.9. The Balaban J connectivity index is 2.06. The van der Waals surface area contributed by atoms with Crippen LogP contribution in [-0.2, 0) is 11.3 Å². The molecule has 0 aliphatic carbocycles. The van der Waals surface area contributed by atoms with E-state index >= 15 is 0 Å². The molecule has 0 amide bonds. The van der Waals surface area contributed by atoms with Crippen LogP contribution in [0.2, 0.25) is 0 Å². The Labute approximate surface area is 111 Å². The molecule has 1 fully saturated rings. The zero-order chi connectivity index (χ0) is 12.4. The molecule has 2 rings (SSSR count). The maximum Gasteiger partial charge on any atom is 0.138 e. The molecule has 1 aliphatic rings. The van der Waals surface area contributed by atoms with Gasteiger partial charge in [-0.25, -0.2) is 0 Å². The number of piperidine rings is 1. The van der Waals surface area contributed by atoms with E-state index < -0.39 is 0 Å². The lowest BCUT2D eigenvalue weighted by atomic mass is 9.90. The topological polar surface area (TPSA) is 20.3 Å². The van der Waals surface area contributed by atoms with Crippen molar-refractivity contribution in [1.82, 2.24) is 4.90 Å². The fourth-order valence-corrected chi connectivity index (χ4v) is 2.81. The van der Waals surface area contributed by atoms with Crippen molar-refractivity contribution in [3.63, 3.8) is 0 Å². The third kappa shape index (κ3) is 2.96. The van der Waals surface area contributed by atoms with Gasteiger partial charge in [-0.15, -0.1) is 0 Å². The molecule has 1 aromatic rings. The molecule has 0 spiro atoms. The van der Waals surface area contributed by atoms with Gasteiger partial charge in [-0.05, 0) is 24.6 Å². The third-order valence-electron chi connectivity index (χ3n) is 3.73. The lowest BCUT2D eigenvalue weighted by Crippen LogP contribution is -2.46. The summed E-state index contributed by atoms with van der Waals surface area (Å²) in [7, 11) is 0. The van der Waals surface area contributed by atoms with Crippen molar-refractivity contribution >= 4 is 21.7 Å². The second-order valence-corrected chi connectivity index (χ2v) is 5.76. The Bertz CT molecular complexity index is 418. The maximum absolute atomic E-state index is 11.6. The summed E-state index contributed by atoms with van der Waals surface area (Å²) in [5.41, 5.74) is 1.30. The van der Waals surface area contributed by atoms with Crippen LogP contribution in [0.5, 0.6) is 0 Å². The summed E-state index contributed by atoms with van der Waals surface area (Å²) in [6.45, 7) is 6.01. The molecule has 1 aliphatic heterocycles. The largest absolute Gasteiger partial charge is 0.299 e. The summed E-state index contributed by atoms with van der Waals surface area (Å²) in [6.07, 6.45) is 0.694. The van der Waals surface area contributed by atoms with E-state index in [0.717, 1.165) is 17.6 Å². The van der Waals surface area contributed by atoms with Gasteiger partial charge in [-0.2, -0.15) is 0 Å². The molecular formula is C14H18BrNO. The van der Waals surface area contributed by atoms with Gasteiger partial charge in [0.2, 0.25) is 0 Å². The Morgan fingerprint density at radius 2 is 2.18 bits per heavy atom. The van der Waals surface area contributed by atoms with Gasteiger partial charge in [0.15, 0.2) is 0 Å². The van der Waals surface area contributed by atoms with E-state index in [4.69, 9.17) is 0 Å². The van der Waals surface area contributed by atoms with Crippen LogP contribution >= 0.6 is 15.9 Å². The molecule has 1 heterocycles. The lowest BCUT2D eigenvalue weighted by molar-refractivity contribution is -0.128. The normalized spacial score (nSPS) is 26.2. The van der Waals surface area contributed by atoms with E-state index in [0.29, 0.717) is 18.2 Å². The summed E-state index contributed by atoms with van der Waals surface area (Å²) in [4.78, 5) is 14.0. The minimum Gasteiger partial charge on any atom is -0.299 e. The molecule has 2 unspecified atom stereocenters. The summed E-state index contributed by atoms with van der Waals surface area (Å²) in [5, 5.41) is 0. The Morgan fingerprint density at radius 3 is 2.88 bits per heavy atom. The highest BCUT2D eigenvalue weighted by molar-refractivity contribution is 9.10. The number of carbonyl (C=O) groups excluding carboxylic acids is 1. The van der Waals surface area contributed by atoms with Crippen molar-refractivity contribution in [3.8, 4) is 0 Å². The third-order valence-corrected chi connectivity index (χ3v) is 4.22. The highest BCUT2D eigenvalue weighted by Gasteiger charge is 2.30. The van der Waals surface area contributed by atoms with Crippen molar-refractivity contribution < 1.29 is 4.79 Å². The molecule has 0 aromatic heterocycles. The number of rotatable bonds is 2. The Morgan fingerprint density at radius 1 is 1.41 bits per heavy atom. The average molecular weight is 296 g/mol. The molecule has 1 saturated heterocycles. The van der Waals surface area contributed by atoms with Crippen molar-refractivity contribution in [3.05, 3.63) is 34.3 Å². The average Bonchev–Trinajstić information content (AvgIpc) is 2.30. The number of carbonyl (C=O) groups is 1. The Kier molecular flexibility index (Phi) is 4.00. The molecule has 0 bridgehead atoms. The molecule has 3 heteroatoms. The van der Waals surface area contributed by atoms with Gasteiger partial charge >= 0.3 is 0 Å². The van der Waals surface area contributed by atoms with Crippen molar-refractivity contribution in [2.45, 2.75) is 32.9 Å². The van der Waals surface area contributed by atoms with Gasteiger partial charge < -0.3 is 0 Å². The summed E-state index contributed by atoms with van der Waals surface area (Å²) < 4.78 is 1.11. The molecule has 0 N–H and O–H groups in total. The van der Waals surface area contributed by atoms with Crippen LogP contribution in [0, 0.1) is 5.92 Å². The molecule has 1 aromatic carbocycles. The van der Waals surface area contributed by atoms with Gasteiger partial charge in [-0.3, -0.25) is 9.69 Å². The first kappa shape index (κ1) is 12.8.